The fourth-order valence-corrected chi connectivity index (χ4v) is 1.67. The van der Waals surface area contributed by atoms with Crippen molar-refractivity contribution in [1.82, 2.24) is 15.5 Å². The lowest BCUT2D eigenvalue weighted by atomic mass is 10.2. The summed E-state index contributed by atoms with van der Waals surface area (Å²) in [6.07, 6.45) is 4.33. The molecule has 4 nitrogen and oxygen atoms in total. The highest BCUT2D eigenvalue weighted by Gasteiger charge is 1.96. The van der Waals surface area contributed by atoms with E-state index in [0.29, 0.717) is 11.6 Å². The number of nitrogens with zero attached hydrogens (tertiary/aromatic N) is 1. The average Bonchev–Trinajstić information content (AvgIpc) is 2.34. The summed E-state index contributed by atoms with van der Waals surface area (Å²) < 4.78 is 0. The van der Waals surface area contributed by atoms with Gasteiger partial charge in [-0.15, -0.1) is 0 Å². The average molecular weight is 282 g/mol. The van der Waals surface area contributed by atoms with Crippen LogP contribution in [0.25, 0.3) is 6.08 Å². The summed E-state index contributed by atoms with van der Waals surface area (Å²) in [6.45, 7) is 1.62. The largest absolute Gasteiger partial charge is 0.338 e. The lowest BCUT2D eigenvalue weighted by molar-refractivity contribution is 0.243. The van der Waals surface area contributed by atoms with Crippen molar-refractivity contribution in [2.75, 3.05) is 27.2 Å². The molecule has 0 aliphatic rings. The molecule has 0 spiro atoms. The molecule has 2 amide bonds. The molecular formula is C14H20ClN3O. The van der Waals surface area contributed by atoms with E-state index in [1.807, 2.05) is 38.4 Å². The van der Waals surface area contributed by atoms with Gasteiger partial charge in [0.2, 0.25) is 0 Å². The Labute approximate surface area is 119 Å². The molecule has 104 valence electrons. The second-order valence-electron chi connectivity index (χ2n) is 4.45. The first kappa shape index (κ1) is 15.5. The van der Waals surface area contributed by atoms with Gasteiger partial charge in [0.15, 0.2) is 0 Å². The lowest BCUT2D eigenvalue weighted by Gasteiger charge is -2.09. The maximum absolute atomic E-state index is 11.4. The van der Waals surface area contributed by atoms with E-state index in [-0.39, 0.29) is 6.03 Å². The van der Waals surface area contributed by atoms with Crippen LogP contribution in [0.15, 0.2) is 30.5 Å². The number of amides is 2. The molecule has 0 aliphatic heterocycles. The van der Waals surface area contributed by atoms with E-state index in [1.54, 1.807) is 12.3 Å². The van der Waals surface area contributed by atoms with Crippen LogP contribution in [0.5, 0.6) is 0 Å². The van der Waals surface area contributed by atoms with E-state index in [4.69, 9.17) is 11.6 Å². The van der Waals surface area contributed by atoms with E-state index >= 15 is 0 Å². The minimum atomic E-state index is -0.197. The second kappa shape index (κ2) is 8.56. The molecule has 1 aromatic rings. The summed E-state index contributed by atoms with van der Waals surface area (Å²) in [5, 5.41) is 6.11. The molecule has 0 aromatic heterocycles. The number of nitrogens with one attached hydrogen (secondary N) is 2. The number of benzene rings is 1. The van der Waals surface area contributed by atoms with Crippen LogP contribution in [-0.2, 0) is 0 Å². The molecule has 1 rings (SSSR count). The van der Waals surface area contributed by atoms with Crippen LogP contribution in [0.2, 0.25) is 5.02 Å². The predicted molar refractivity (Wildman–Crippen MR) is 80.2 cm³/mol. The highest BCUT2D eigenvalue weighted by Crippen LogP contribution is 2.11. The molecule has 2 N–H and O–H groups in total. The van der Waals surface area contributed by atoms with Crippen LogP contribution in [0.3, 0.4) is 0 Å². The van der Waals surface area contributed by atoms with Gasteiger partial charge in [-0.3, -0.25) is 0 Å². The van der Waals surface area contributed by atoms with E-state index in [9.17, 15) is 4.79 Å². The highest BCUT2D eigenvalue weighted by molar-refractivity contribution is 6.30. The molecule has 1 aromatic carbocycles. The van der Waals surface area contributed by atoms with Crippen molar-refractivity contribution in [3.63, 3.8) is 0 Å². The molecule has 0 heterocycles. The van der Waals surface area contributed by atoms with Gasteiger partial charge in [-0.25, -0.2) is 4.79 Å². The summed E-state index contributed by atoms with van der Waals surface area (Å²) in [6, 6.07) is 7.22. The van der Waals surface area contributed by atoms with Gasteiger partial charge in [0.05, 0.1) is 0 Å². The molecule has 0 unspecified atom stereocenters. The van der Waals surface area contributed by atoms with Crippen LogP contribution in [0.1, 0.15) is 12.0 Å². The number of hydrogen-bond donors (Lipinski definition) is 2. The van der Waals surface area contributed by atoms with E-state index < -0.39 is 0 Å². The van der Waals surface area contributed by atoms with Crippen LogP contribution >= 0.6 is 11.6 Å². The first-order chi connectivity index (χ1) is 9.08. The first-order valence-corrected chi connectivity index (χ1v) is 6.57. The van der Waals surface area contributed by atoms with E-state index in [0.717, 1.165) is 18.5 Å². The van der Waals surface area contributed by atoms with Gasteiger partial charge in [0.1, 0.15) is 0 Å². The summed E-state index contributed by atoms with van der Waals surface area (Å²) in [4.78, 5) is 13.5. The molecule has 5 heteroatoms. The van der Waals surface area contributed by atoms with Crippen molar-refractivity contribution >= 4 is 23.7 Å². The molecule has 0 saturated heterocycles. The molecule has 19 heavy (non-hydrogen) atoms. The zero-order chi connectivity index (χ0) is 14.1. The third-order valence-electron chi connectivity index (χ3n) is 2.41. The Kier molecular flexibility index (Phi) is 7.00. The normalized spacial score (nSPS) is 10.9. The van der Waals surface area contributed by atoms with Crippen molar-refractivity contribution in [2.24, 2.45) is 0 Å². The minimum absolute atomic E-state index is 0.197. The van der Waals surface area contributed by atoms with Crippen molar-refractivity contribution in [3.8, 4) is 0 Å². The summed E-state index contributed by atoms with van der Waals surface area (Å²) in [5.74, 6) is 0. The van der Waals surface area contributed by atoms with Crippen molar-refractivity contribution in [2.45, 2.75) is 6.42 Å². The first-order valence-electron chi connectivity index (χ1n) is 6.19. The number of halogens is 1. The second-order valence-corrected chi connectivity index (χ2v) is 4.88. The summed E-state index contributed by atoms with van der Waals surface area (Å²) >= 11 is 5.86. The standard InChI is InChI=1S/C14H20ClN3O/c1-18(2)10-4-8-16-14(19)17-9-7-12-5-3-6-13(15)11-12/h3,5-7,9,11H,4,8,10H2,1-2H3,(H2,16,17,19)/b9-7+. The third kappa shape index (κ3) is 7.49. The zero-order valence-corrected chi connectivity index (χ0v) is 12.1. The number of rotatable bonds is 6. The smallest absolute Gasteiger partial charge is 0.318 e. The maximum atomic E-state index is 11.4. The highest BCUT2D eigenvalue weighted by atomic mass is 35.5. The van der Waals surface area contributed by atoms with Gasteiger partial charge < -0.3 is 15.5 Å². The Bertz CT molecular complexity index is 432. The van der Waals surface area contributed by atoms with E-state index in [2.05, 4.69) is 15.5 Å². The molecule has 0 atom stereocenters. The van der Waals surface area contributed by atoms with Gasteiger partial charge in [0.25, 0.3) is 0 Å². The molecule has 0 bridgehead atoms. The molecule has 0 radical (unpaired) electrons. The summed E-state index contributed by atoms with van der Waals surface area (Å²) in [5.41, 5.74) is 0.945. The van der Waals surface area contributed by atoms with Crippen molar-refractivity contribution in [1.29, 1.82) is 0 Å². The van der Waals surface area contributed by atoms with Gasteiger partial charge >= 0.3 is 6.03 Å². The minimum Gasteiger partial charge on any atom is -0.338 e. The Balaban J connectivity index is 2.23. The van der Waals surface area contributed by atoms with Crippen molar-refractivity contribution < 1.29 is 4.79 Å². The predicted octanol–water partition coefficient (Wildman–Crippen LogP) is 2.56. The van der Waals surface area contributed by atoms with Gasteiger partial charge in [-0.2, -0.15) is 0 Å². The Morgan fingerprint density at radius 1 is 1.42 bits per heavy atom. The Morgan fingerprint density at radius 2 is 2.21 bits per heavy atom. The Morgan fingerprint density at radius 3 is 2.89 bits per heavy atom. The SMILES string of the molecule is CN(C)CCCNC(=O)N/C=C/c1cccc(Cl)c1. The van der Waals surface area contributed by atoms with Crippen LogP contribution in [0.4, 0.5) is 4.79 Å². The van der Waals surface area contributed by atoms with E-state index in [1.165, 1.54) is 0 Å². The third-order valence-corrected chi connectivity index (χ3v) is 2.64. The zero-order valence-electron chi connectivity index (χ0n) is 11.3. The summed E-state index contributed by atoms with van der Waals surface area (Å²) in [7, 11) is 4.02. The molecule has 0 fully saturated rings. The molecule has 0 aliphatic carbocycles. The number of urea groups is 1. The van der Waals surface area contributed by atoms with Crippen LogP contribution in [0, 0.1) is 0 Å². The fraction of sp³-hybridized carbons (Fsp3) is 0.357. The quantitative estimate of drug-likeness (QED) is 0.787. The van der Waals surface area contributed by atoms with Gasteiger partial charge in [-0.1, -0.05) is 23.7 Å². The van der Waals surface area contributed by atoms with Crippen LogP contribution < -0.4 is 10.6 Å². The lowest BCUT2D eigenvalue weighted by Crippen LogP contribution is -2.33. The van der Waals surface area contributed by atoms with Gasteiger partial charge in [0, 0.05) is 17.8 Å². The molecular weight excluding hydrogens is 262 g/mol. The monoisotopic (exact) mass is 281 g/mol. The Hall–Kier alpha value is -1.52. The van der Waals surface area contributed by atoms with Crippen molar-refractivity contribution in [3.05, 3.63) is 41.1 Å². The number of carbonyl (C=O) groups is 1. The van der Waals surface area contributed by atoms with Crippen LogP contribution in [-0.4, -0.2) is 38.1 Å². The van der Waals surface area contributed by atoms with Gasteiger partial charge in [-0.05, 0) is 50.8 Å². The maximum Gasteiger partial charge on any atom is 0.318 e. The topological polar surface area (TPSA) is 44.4 Å². The number of hydrogen-bond acceptors (Lipinski definition) is 2. The fourth-order valence-electron chi connectivity index (χ4n) is 1.47. The molecule has 0 saturated carbocycles. The number of carbonyl (C=O) groups excluding carboxylic acids is 1.